The second kappa shape index (κ2) is 16.8. The average Bonchev–Trinajstić information content (AvgIpc) is 3.95. The number of nitriles is 1. The van der Waals surface area contributed by atoms with Gasteiger partial charge in [-0.15, -0.1) is 0 Å². The highest BCUT2D eigenvalue weighted by Crippen LogP contribution is 2.44. The van der Waals surface area contributed by atoms with E-state index in [1.165, 1.54) is 10.8 Å². The Hall–Kier alpha value is -9.77. The first kappa shape index (κ1) is 40.5. The molecule has 13 aromatic rings. The third kappa shape index (κ3) is 6.90. The van der Waals surface area contributed by atoms with Gasteiger partial charge in [-0.2, -0.15) is 5.26 Å². The summed E-state index contributed by atoms with van der Waals surface area (Å²) in [5.41, 5.74) is 14.6. The fourth-order valence-corrected chi connectivity index (χ4v) is 9.99. The van der Waals surface area contributed by atoms with Gasteiger partial charge >= 0.3 is 0 Å². The number of fused-ring (bicyclic) bond motifs is 6. The van der Waals surface area contributed by atoms with Gasteiger partial charge in [0.25, 0.3) is 0 Å². The molecule has 326 valence electrons. The van der Waals surface area contributed by atoms with Gasteiger partial charge < -0.3 is 9.13 Å². The standard InChI is InChI=1S/C63H39N7/c64-40-41-35-51(56-39-55(44-23-9-3-10-24-44)65-62(68-56)45-25-11-4-12-26-45)61(52(36-41)63-66-53(42-19-5-1-6-20-42)38-54(67-63)43-21-7-2-8-22-43)70-59-32-18-15-29-49(59)50-37-46(33-34-60(50)70)69-57-30-16-13-27-47(57)48-28-14-17-31-58(48)69/h1-39H. The van der Waals surface area contributed by atoms with Crippen LogP contribution >= 0.6 is 0 Å². The summed E-state index contributed by atoms with van der Waals surface area (Å²) < 4.78 is 4.68. The smallest absolute Gasteiger partial charge is 0.162 e. The summed E-state index contributed by atoms with van der Waals surface area (Å²) in [4.78, 5) is 21.4. The number of nitrogens with zero attached hydrogens (tertiary/aromatic N) is 7. The lowest BCUT2D eigenvalue weighted by Crippen LogP contribution is -2.06. The molecule has 4 heterocycles. The van der Waals surface area contributed by atoms with E-state index in [-0.39, 0.29) is 0 Å². The maximum atomic E-state index is 11.0. The summed E-state index contributed by atoms with van der Waals surface area (Å²) in [6.07, 6.45) is 0. The van der Waals surface area contributed by atoms with Gasteiger partial charge in [0.2, 0.25) is 0 Å². The lowest BCUT2D eigenvalue weighted by molar-refractivity contribution is 1.12. The van der Waals surface area contributed by atoms with Crippen LogP contribution < -0.4 is 0 Å². The van der Waals surface area contributed by atoms with E-state index in [2.05, 4.69) is 143 Å². The van der Waals surface area contributed by atoms with Crippen LogP contribution in [0.15, 0.2) is 237 Å². The van der Waals surface area contributed by atoms with Crippen LogP contribution in [-0.2, 0) is 0 Å². The summed E-state index contributed by atoms with van der Waals surface area (Å²) in [7, 11) is 0. The van der Waals surface area contributed by atoms with E-state index in [0.29, 0.717) is 28.5 Å². The van der Waals surface area contributed by atoms with Crippen molar-refractivity contribution in [3.05, 3.63) is 242 Å². The van der Waals surface area contributed by atoms with E-state index in [0.717, 1.165) is 89.1 Å². The molecule has 0 N–H and O–H groups in total. The number of benzene rings is 9. The molecule has 4 aromatic heterocycles. The third-order valence-electron chi connectivity index (χ3n) is 13.2. The summed E-state index contributed by atoms with van der Waals surface area (Å²) in [5, 5.41) is 15.6. The Morgan fingerprint density at radius 1 is 0.314 bits per heavy atom. The SMILES string of the molecule is N#Cc1cc(-c2cc(-c3ccccc3)nc(-c3ccccc3)n2)c(-n2c3ccccc3c3cc(-n4c5ccccc5c5ccccc54)ccc32)c(-c2nc(-c3ccccc3)cc(-c3ccccc3)n2)c1. The fraction of sp³-hybridized carbons (Fsp3) is 0. The van der Waals surface area contributed by atoms with E-state index >= 15 is 0 Å². The molecule has 0 aliphatic rings. The van der Waals surface area contributed by atoms with Crippen molar-refractivity contribution in [3.8, 4) is 85.2 Å². The van der Waals surface area contributed by atoms with Crippen LogP contribution in [0.3, 0.4) is 0 Å². The lowest BCUT2D eigenvalue weighted by Gasteiger charge is -2.20. The van der Waals surface area contributed by atoms with Gasteiger partial charge in [-0.25, -0.2) is 19.9 Å². The topological polar surface area (TPSA) is 85.2 Å². The zero-order chi connectivity index (χ0) is 46.5. The number of rotatable bonds is 8. The van der Waals surface area contributed by atoms with Gasteiger partial charge in [-0.05, 0) is 60.7 Å². The Balaban J connectivity index is 1.16. The van der Waals surface area contributed by atoms with E-state index in [9.17, 15) is 5.26 Å². The molecule has 0 aliphatic heterocycles. The highest BCUT2D eigenvalue weighted by Gasteiger charge is 2.26. The first-order valence-corrected chi connectivity index (χ1v) is 23.3. The van der Waals surface area contributed by atoms with Gasteiger partial charge in [0, 0.05) is 60.6 Å². The summed E-state index contributed by atoms with van der Waals surface area (Å²) >= 11 is 0. The second-order valence-electron chi connectivity index (χ2n) is 17.3. The molecule has 0 radical (unpaired) electrons. The molecule has 0 bridgehead atoms. The molecule has 0 atom stereocenters. The zero-order valence-electron chi connectivity index (χ0n) is 37.6. The first-order valence-electron chi connectivity index (χ1n) is 23.3. The van der Waals surface area contributed by atoms with Crippen molar-refractivity contribution < 1.29 is 0 Å². The number of hydrogen-bond donors (Lipinski definition) is 0. The number of para-hydroxylation sites is 3. The summed E-state index contributed by atoms with van der Waals surface area (Å²) in [5.74, 6) is 1.04. The monoisotopic (exact) mass is 893 g/mol. The predicted octanol–water partition coefficient (Wildman–Crippen LogP) is 15.3. The molecule has 0 saturated carbocycles. The van der Waals surface area contributed by atoms with Crippen LogP contribution in [0.4, 0.5) is 0 Å². The van der Waals surface area contributed by atoms with Crippen LogP contribution in [0, 0.1) is 11.3 Å². The van der Waals surface area contributed by atoms with Crippen molar-refractivity contribution in [2.75, 3.05) is 0 Å². The molecule has 0 fully saturated rings. The molecule has 9 aromatic carbocycles. The minimum Gasteiger partial charge on any atom is -0.309 e. The van der Waals surface area contributed by atoms with Crippen LogP contribution in [0.1, 0.15) is 5.56 Å². The molecule has 0 spiro atoms. The van der Waals surface area contributed by atoms with Gasteiger partial charge in [0.1, 0.15) is 0 Å². The normalized spacial score (nSPS) is 11.4. The molecule has 7 nitrogen and oxygen atoms in total. The van der Waals surface area contributed by atoms with E-state index < -0.39 is 0 Å². The Labute approximate surface area is 403 Å². The zero-order valence-corrected chi connectivity index (χ0v) is 37.6. The van der Waals surface area contributed by atoms with Crippen molar-refractivity contribution in [2.45, 2.75) is 0 Å². The third-order valence-corrected chi connectivity index (χ3v) is 13.2. The molecule has 0 unspecified atom stereocenters. The average molecular weight is 894 g/mol. The van der Waals surface area contributed by atoms with Gasteiger partial charge in [-0.3, -0.25) is 0 Å². The van der Waals surface area contributed by atoms with Crippen LogP contribution in [0.5, 0.6) is 0 Å². The van der Waals surface area contributed by atoms with Gasteiger partial charge in [-0.1, -0.05) is 176 Å². The Morgan fingerprint density at radius 3 is 1.24 bits per heavy atom. The number of hydrogen-bond acceptors (Lipinski definition) is 5. The van der Waals surface area contributed by atoms with Gasteiger partial charge in [0.15, 0.2) is 11.6 Å². The second-order valence-corrected chi connectivity index (χ2v) is 17.3. The van der Waals surface area contributed by atoms with Crippen molar-refractivity contribution >= 4 is 43.6 Å². The van der Waals surface area contributed by atoms with E-state index in [1.54, 1.807) is 0 Å². The molecule has 0 amide bonds. The highest BCUT2D eigenvalue weighted by molar-refractivity contribution is 6.13. The highest BCUT2D eigenvalue weighted by atomic mass is 15.0. The molecule has 13 rings (SSSR count). The number of aromatic nitrogens is 6. The molecular formula is C63H39N7. The van der Waals surface area contributed by atoms with Crippen LogP contribution in [0.25, 0.3) is 123 Å². The maximum absolute atomic E-state index is 11.0. The fourth-order valence-electron chi connectivity index (χ4n) is 9.99. The van der Waals surface area contributed by atoms with E-state index in [4.69, 9.17) is 19.9 Å². The predicted molar refractivity (Wildman–Crippen MR) is 284 cm³/mol. The lowest BCUT2D eigenvalue weighted by atomic mass is 9.97. The largest absolute Gasteiger partial charge is 0.309 e. The minimum atomic E-state index is 0.444. The quantitative estimate of drug-likeness (QED) is 0.152. The van der Waals surface area contributed by atoms with Crippen LogP contribution in [0.2, 0.25) is 0 Å². The molecule has 0 aliphatic carbocycles. The summed E-state index contributed by atoms with van der Waals surface area (Å²) in [6.45, 7) is 0. The van der Waals surface area contributed by atoms with Crippen molar-refractivity contribution in [3.63, 3.8) is 0 Å². The summed E-state index contributed by atoms with van der Waals surface area (Å²) in [6, 6.07) is 83.6. The van der Waals surface area contributed by atoms with Crippen molar-refractivity contribution in [1.29, 1.82) is 5.26 Å². The minimum absolute atomic E-state index is 0.444. The molecule has 0 saturated heterocycles. The maximum Gasteiger partial charge on any atom is 0.162 e. The van der Waals surface area contributed by atoms with Crippen molar-refractivity contribution in [1.82, 2.24) is 29.1 Å². The van der Waals surface area contributed by atoms with Crippen molar-refractivity contribution in [2.24, 2.45) is 0 Å². The molecule has 70 heavy (non-hydrogen) atoms. The molecular weight excluding hydrogens is 855 g/mol. The van der Waals surface area contributed by atoms with E-state index in [1.807, 2.05) is 109 Å². The Morgan fingerprint density at radius 2 is 0.714 bits per heavy atom. The first-order chi connectivity index (χ1) is 34.7. The molecule has 7 heteroatoms. The Bertz CT molecular complexity index is 3860. The Kier molecular flexibility index (Phi) is 9.74. The van der Waals surface area contributed by atoms with Gasteiger partial charge in [0.05, 0.1) is 62.2 Å². The van der Waals surface area contributed by atoms with Crippen LogP contribution in [-0.4, -0.2) is 29.1 Å².